The Hall–Kier alpha value is -3.36. The van der Waals surface area contributed by atoms with Crippen LogP contribution < -0.4 is 20.0 Å². The molecule has 2 amide bonds. The van der Waals surface area contributed by atoms with Gasteiger partial charge in [0.1, 0.15) is 5.75 Å². The lowest BCUT2D eigenvalue weighted by Gasteiger charge is -2.21. The number of primary amides is 1. The molecular formula is C19H17N3O4S. The Kier molecular flexibility index (Phi) is 5.11. The van der Waals surface area contributed by atoms with Crippen LogP contribution in [0.25, 0.3) is 11.1 Å². The van der Waals surface area contributed by atoms with E-state index < -0.39 is 16.3 Å². The third-order valence-corrected chi connectivity index (χ3v) is 4.19. The Morgan fingerprint density at radius 1 is 0.778 bits per heavy atom. The number of carbonyl (C=O) groups excluding carboxylic acids is 1. The highest BCUT2D eigenvalue weighted by Gasteiger charge is 2.16. The monoisotopic (exact) mass is 383 g/mol. The molecule has 27 heavy (non-hydrogen) atoms. The normalized spacial score (nSPS) is 11.0. The fourth-order valence-corrected chi connectivity index (χ4v) is 3.00. The Morgan fingerprint density at radius 2 is 1.26 bits per heavy atom. The molecule has 0 spiro atoms. The SMILES string of the molecule is NC(=O)N(c1ccc(OS(N)(=O)=O)cc1)c1ccc(-c2ccccc2)cc1. The van der Waals surface area contributed by atoms with Crippen LogP contribution in [-0.2, 0) is 10.3 Å². The summed E-state index contributed by atoms with van der Waals surface area (Å²) in [5.74, 6) is 0.0325. The number of benzene rings is 3. The van der Waals surface area contributed by atoms with Crippen LogP contribution in [0.3, 0.4) is 0 Å². The molecule has 0 aliphatic rings. The largest absolute Gasteiger partial charge is 0.380 e. The first kappa shape index (κ1) is 18.4. The Balaban J connectivity index is 1.89. The van der Waals surface area contributed by atoms with Crippen LogP contribution in [0.2, 0.25) is 0 Å². The van der Waals surface area contributed by atoms with Gasteiger partial charge in [0.25, 0.3) is 0 Å². The quantitative estimate of drug-likeness (QED) is 0.704. The summed E-state index contributed by atoms with van der Waals surface area (Å²) in [6, 6.07) is 22.3. The molecule has 0 aromatic heterocycles. The highest BCUT2D eigenvalue weighted by molar-refractivity contribution is 7.84. The van der Waals surface area contributed by atoms with E-state index in [1.165, 1.54) is 29.2 Å². The van der Waals surface area contributed by atoms with Gasteiger partial charge in [0.05, 0.1) is 11.4 Å². The zero-order chi connectivity index (χ0) is 19.4. The Bertz CT molecular complexity index is 1030. The average Bonchev–Trinajstić information content (AvgIpc) is 2.63. The van der Waals surface area contributed by atoms with Crippen LogP contribution in [0, 0.1) is 0 Å². The molecule has 0 atom stereocenters. The lowest BCUT2D eigenvalue weighted by atomic mass is 10.1. The minimum atomic E-state index is -4.12. The van der Waals surface area contributed by atoms with Crippen molar-refractivity contribution >= 4 is 27.7 Å². The van der Waals surface area contributed by atoms with E-state index in [0.29, 0.717) is 11.4 Å². The minimum Gasteiger partial charge on any atom is -0.371 e. The number of hydrogen-bond donors (Lipinski definition) is 2. The van der Waals surface area contributed by atoms with Crippen molar-refractivity contribution in [1.29, 1.82) is 0 Å². The minimum absolute atomic E-state index is 0.0325. The summed E-state index contributed by atoms with van der Waals surface area (Å²) in [4.78, 5) is 13.3. The van der Waals surface area contributed by atoms with E-state index in [1.54, 1.807) is 12.1 Å². The molecule has 3 rings (SSSR count). The maximum atomic E-state index is 12.0. The molecule has 138 valence electrons. The number of urea groups is 1. The standard InChI is InChI=1S/C19H17N3O4S/c20-19(23)22(17-10-12-18(13-11-17)26-27(21,24)25)16-8-6-15(7-9-16)14-4-2-1-3-5-14/h1-13H,(H2,20,23)(H2,21,24,25). The molecule has 0 heterocycles. The van der Waals surface area contributed by atoms with Crippen molar-refractivity contribution in [3.05, 3.63) is 78.9 Å². The van der Waals surface area contributed by atoms with E-state index in [0.717, 1.165) is 11.1 Å². The van der Waals surface area contributed by atoms with Crippen molar-refractivity contribution in [3.8, 4) is 16.9 Å². The molecule has 0 saturated heterocycles. The third-order valence-electron chi connectivity index (χ3n) is 3.76. The van der Waals surface area contributed by atoms with Crippen LogP contribution in [0.1, 0.15) is 0 Å². The van der Waals surface area contributed by atoms with Crippen LogP contribution in [0.15, 0.2) is 78.9 Å². The van der Waals surface area contributed by atoms with Gasteiger partial charge in [0.15, 0.2) is 0 Å². The van der Waals surface area contributed by atoms with Gasteiger partial charge in [-0.1, -0.05) is 42.5 Å². The maximum absolute atomic E-state index is 12.0. The van der Waals surface area contributed by atoms with E-state index in [-0.39, 0.29) is 5.75 Å². The predicted octanol–water partition coefficient (Wildman–Crippen LogP) is 3.15. The highest BCUT2D eigenvalue weighted by atomic mass is 32.2. The second-order valence-electron chi connectivity index (χ2n) is 5.66. The average molecular weight is 383 g/mol. The molecule has 0 saturated carbocycles. The van der Waals surface area contributed by atoms with Crippen molar-refractivity contribution in [1.82, 2.24) is 0 Å². The molecule has 0 unspecified atom stereocenters. The lowest BCUT2D eigenvalue weighted by Crippen LogP contribution is -2.31. The molecule has 8 heteroatoms. The van der Waals surface area contributed by atoms with E-state index >= 15 is 0 Å². The summed E-state index contributed by atoms with van der Waals surface area (Å²) in [6.07, 6.45) is 0. The van der Waals surface area contributed by atoms with Crippen molar-refractivity contribution in [3.63, 3.8) is 0 Å². The fourth-order valence-electron chi connectivity index (χ4n) is 2.62. The molecule has 0 fully saturated rings. The van der Waals surface area contributed by atoms with Gasteiger partial charge in [-0.3, -0.25) is 4.90 Å². The summed E-state index contributed by atoms with van der Waals surface area (Å²) in [7, 11) is -4.12. The first-order valence-corrected chi connectivity index (χ1v) is 9.38. The molecule has 7 nitrogen and oxygen atoms in total. The topological polar surface area (TPSA) is 116 Å². The molecule has 3 aromatic carbocycles. The molecule has 3 aromatic rings. The van der Waals surface area contributed by atoms with Gasteiger partial charge in [-0.25, -0.2) is 4.79 Å². The Labute approximate surface area is 157 Å². The van der Waals surface area contributed by atoms with Gasteiger partial charge >= 0.3 is 16.3 Å². The zero-order valence-corrected chi connectivity index (χ0v) is 15.0. The number of hydrogen-bond acceptors (Lipinski definition) is 4. The van der Waals surface area contributed by atoms with Gasteiger partial charge in [-0.2, -0.15) is 13.6 Å². The Morgan fingerprint density at radius 3 is 1.74 bits per heavy atom. The van der Waals surface area contributed by atoms with Gasteiger partial charge in [0, 0.05) is 0 Å². The van der Waals surface area contributed by atoms with E-state index in [1.807, 2.05) is 42.5 Å². The van der Waals surface area contributed by atoms with Crippen LogP contribution in [-0.4, -0.2) is 14.4 Å². The van der Waals surface area contributed by atoms with Crippen molar-refractivity contribution < 1.29 is 17.4 Å². The van der Waals surface area contributed by atoms with Gasteiger partial charge in [-0.05, 0) is 47.5 Å². The summed E-state index contributed by atoms with van der Waals surface area (Å²) in [5, 5.41) is 4.83. The second-order valence-corrected chi connectivity index (χ2v) is 6.81. The summed E-state index contributed by atoms with van der Waals surface area (Å²) in [5.41, 5.74) is 8.61. The number of nitrogens with zero attached hydrogens (tertiary/aromatic N) is 1. The van der Waals surface area contributed by atoms with E-state index in [9.17, 15) is 13.2 Å². The van der Waals surface area contributed by atoms with Gasteiger partial charge in [0.2, 0.25) is 0 Å². The maximum Gasteiger partial charge on any atom is 0.380 e. The number of amides is 2. The van der Waals surface area contributed by atoms with Crippen molar-refractivity contribution in [2.75, 3.05) is 4.90 Å². The predicted molar refractivity (Wildman–Crippen MR) is 104 cm³/mol. The molecule has 4 N–H and O–H groups in total. The summed E-state index contributed by atoms with van der Waals surface area (Å²) >= 11 is 0. The molecule has 0 bridgehead atoms. The zero-order valence-electron chi connectivity index (χ0n) is 14.1. The van der Waals surface area contributed by atoms with Crippen LogP contribution in [0.4, 0.5) is 16.2 Å². The first-order chi connectivity index (χ1) is 12.8. The van der Waals surface area contributed by atoms with Crippen molar-refractivity contribution in [2.24, 2.45) is 10.9 Å². The molecular weight excluding hydrogens is 366 g/mol. The van der Waals surface area contributed by atoms with Crippen molar-refractivity contribution in [2.45, 2.75) is 0 Å². The van der Waals surface area contributed by atoms with Crippen LogP contribution >= 0.6 is 0 Å². The molecule has 0 aliphatic carbocycles. The fraction of sp³-hybridized carbons (Fsp3) is 0. The summed E-state index contributed by atoms with van der Waals surface area (Å²) in [6.45, 7) is 0. The number of anilines is 2. The number of nitrogens with two attached hydrogens (primary N) is 2. The third kappa shape index (κ3) is 4.63. The molecule has 0 aliphatic heterocycles. The second kappa shape index (κ2) is 7.48. The first-order valence-electron chi connectivity index (χ1n) is 7.91. The van der Waals surface area contributed by atoms with Crippen LogP contribution in [0.5, 0.6) is 5.75 Å². The van der Waals surface area contributed by atoms with Gasteiger partial charge in [-0.15, -0.1) is 0 Å². The van der Waals surface area contributed by atoms with E-state index in [4.69, 9.17) is 10.9 Å². The summed E-state index contributed by atoms with van der Waals surface area (Å²) < 4.78 is 26.5. The number of rotatable bonds is 5. The van der Waals surface area contributed by atoms with Gasteiger partial charge < -0.3 is 9.92 Å². The number of carbonyl (C=O) groups is 1. The highest BCUT2D eigenvalue weighted by Crippen LogP contribution is 2.29. The lowest BCUT2D eigenvalue weighted by molar-refractivity contribution is 0.256. The van der Waals surface area contributed by atoms with E-state index in [2.05, 4.69) is 4.18 Å². The molecule has 0 radical (unpaired) electrons. The smallest absolute Gasteiger partial charge is 0.371 e.